The monoisotopic (exact) mass is 379 g/mol. The van der Waals surface area contributed by atoms with Crippen LogP contribution in [-0.2, 0) is 0 Å². The Labute approximate surface area is 162 Å². The van der Waals surface area contributed by atoms with Crippen molar-refractivity contribution in [3.8, 4) is 17.1 Å². The van der Waals surface area contributed by atoms with Crippen LogP contribution in [0.15, 0.2) is 47.1 Å². The number of amides is 1. The van der Waals surface area contributed by atoms with E-state index in [9.17, 15) is 4.79 Å². The summed E-state index contributed by atoms with van der Waals surface area (Å²) in [5, 5.41) is 3.91. The summed E-state index contributed by atoms with van der Waals surface area (Å²) in [6.45, 7) is 4.52. The number of carbonyl (C=O) groups is 1. The highest BCUT2D eigenvalue weighted by Crippen LogP contribution is 2.20. The molecule has 1 amide bonds. The van der Waals surface area contributed by atoms with Gasteiger partial charge < -0.3 is 19.1 Å². The molecule has 8 heteroatoms. The van der Waals surface area contributed by atoms with Crippen molar-refractivity contribution in [3.63, 3.8) is 0 Å². The van der Waals surface area contributed by atoms with Gasteiger partial charge in [-0.3, -0.25) is 4.79 Å². The Hall–Kier alpha value is -3.42. The minimum atomic E-state index is 0.0399. The summed E-state index contributed by atoms with van der Waals surface area (Å²) in [5.74, 6) is 2.72. The van der Waals surface area contributed by atoms with Gasteiger partial charge in [-0.25, -0.2) is 4.98 Å². The molecular weight excluding hydrogens is 358 g/mol. The lowest BCUT2D eigenvalue weighted by Gasteiger charge is -2.35. The van der Waals surface area contributed by atoms with Crippen molar-refractivity contribution in [3.05, 3.63) is 54.0 Å². The van der Waals surface area contributed by atoms with E-state index in [-0.39, 0.29) is 5.91 Å². The van der Waals surface area contributed by atoms with E-state index in [0.29, 0.717) is 30.4 Å². The molecule has 3 heterocycles. The molecule has 0 atom stereocenters. The maximum Gasteiger partial charge on any atom is 0.253 e. The Morgan fingerprint density at radius 1 is 1.07 bits per heavy atom. The highest BCUT2D eigenvalue weighted by Gasteiger charge is 2.23. The number of nitrogens with zero attached hydrogens (tertiary/aromatic N) is 5. The number of carbonyl (C=O) groups excluding carboxylic acids is 1. The van der Waals surface area contributed by atoms with Gasteiger partial charge in [-0.1, -0.05) is 5.16 Å². The number of hydrogen-bond acceptors (Lipinski definition) is 7. The van der Waals surface area contributed by atoms with Crippen LogP contribution in [0.5, 0.6) is 5.75 Å². The second-order valence-electron chi connectivity index (χ2n) is 6.55. The third kappa shape index (κ3) is 3.66. The Morgan fingerprint density at radius 3 is 2.39 bits per heavy atom. The van der Waals surface area contributed by atoms with E-state index in [2.05, 4.69) is 20.0 Å². The van der Waals surface area contributed by atoms with Crippen LogP contribution in [-0.4, -0.2) is 59.2 Å². The maximum absolute atomic E-state index is 12.7. The fraction of sp³-hybridized carbons (Fsp3) is 0.300. The predicted molar refractivity (Wildman–Crippen MR) is 103 cm³/mol. The van der Waals surface area contributed by atoms with Gasteiger partial charge in [-0.15, -0.1) is 0 Å². The average Bonchev–Trinajstić information content (AvgIpc) is 3.20. The van der Waals surface area contributed by atoms with E-state index in [0.717, 1.165) is 30.2 Å². The summed E-state index contributed by atoms with van der Waals surface area (Å²) in [4.78, 5) is 25.4. The zero-order chi connectivity index (χ0) is 19.5. The van der Waals surface area contributed by atoms with Crippen LogP contribution in [0.1, 0.15) is 16.2 Å². The van der Waals surface area contributed by atoms with E-state index in [4.69, 9.17) is 9.26 Å². The zero-order valence-corrected chi connectivity index (χ0v) is 15.8. The Kier molecular flexibility index (Phi) is 4.92. The van der Waals surface area contributed by atoms with E-state index < -0.39 is 0 Å². The SMILES string of the molecule is COc1ccc(C(=O)N2CCN(c3ccc(-c4noc(C)n4)cn3)CC2)cc1. The topological polar surface area (TPSA) is 84.6 Å². The summed E-state index contributed by atoms with van der Waals surface area (Å²) in [6, 6.07) is 11.1. The fourth-order valence-electron chi connectivity index (χ4n) is 3.18. The van der Waals surface area contributed by atoms with Crippen LogP contribution < -0.4 is 9.64 Å². The van der Waals surface area contributed by atoms with Crippen molar-refractivity contribution in [2.24, 2.45) is 0 Å². The maximum atomic E-state index is 12.7. The largest absolute Gasteiger partial charge is 0.497 e. The second kappa shape index (κ2) is 7.67. The molecule has 0 N–H and O–H groups in total. The minimum Gasteiger partial charge on any atom is -0.497 e. The van der Waals surface area contributed by atoms with Gasteiger partial charge >= 0.3 is 0 Å². The van der Waals surface area contributed by atoms with Crippen LogP contribution in [0.2, 0.25) is 0 Å². The molecule has 1 aromatic carbocycles. The summed E-state index contributed by atoms with van der Waals surface area (Å²) < 4.78 is 10.1. The number of rotatable bonds is 4. The van der Waals surface area contributed by atoms with Gasteiger partial charge in [-0.05, 0) is 36.4 Å². The van der Waals surface area contributed by atoms with Gasteiger partial charge in [0.05, 0.1) is 7.11 Å². The summed E-state index contributed by atoms with van der Waals surface area (Å²) in [5.41, 5.74) is 1.49. The molecule has 1 saturated heterocycles. The molecule has 1 aliphatic heterocycles. The molecule has 1 fully saturated rings. The van der Waals surface area contributed by atoms with Crippen LogP contribution in [0.25, 0.3) is 11.4 Å². The van der Waals surface area contributed by atoms with Gasteiger partial charge in [0.2, 0.25) is 11.7 Å². The zero-order valence-electron chi connectivity index (χ0n) is 15.8. The molecule has 0 saturated carbocycles. The quantitative estimate of drug-likeness (QED) is 0.688. The number of aromatic nitrogens is 3. The number of pyridine rings is 1. The standard InChI is InChI=1S/C20H21N5O3/c1-14-22-19(23-28-14)16-5-8-18(21-13-16)24-9-11-25(12-10-24)20(26)15-3-6-17(27-2)7-4-15/h3-8,13H,9-12H2,1-2H3. The van der Waals surface area contributed by atoms with Crippen LogP contribution in [0.4, 0.5) is 5.82 Å². The molecule has 2 aromatic heterocycles. The van der Waals surface area contributed by atoms with E-state index in [1.165, 1.54) is 0 Å². The van der Waals surface area contributed by atoms with Crippen molar-refractivity contribution in [1.82, 2.24) is 20.0 Å². The van der Waals surface area contributed by atoms with Crippen molar-refractivity contribution in [2.75, 3.05) is 38.2 Å². The highest BCUT2D eigenvalue weighted by atomic mass is 16.5. The number of benzene rings is 1. The predicted octanol–water partition coefficient (Wildman–Crippen LogP) is 2.41. The van der Waals surface area contributed by atoms with Crippen LogP contribution in [0.3, 0.4) is 0 Å². The van der Waals surface area contributed by atoms with Crippen LogP contribution >= 0.6 is 0 Å². The van der Waals surface area contributed by atoms with Crippen molar-refractivity contribution >= 4 is 11.7 Å². The molecule has 3 aromatic rings. The number of hydrogen-bond donors (Lipinski definition) is 0. The van der Waals surface area contributed by atoms with E-state index in [1.54, 1.807) is 44.5 Å². The summed E-state index contributed by atoms with van der Waals surface area (Å²) >= 11 is 0. The molecule has 0 radical (unpaired) electrons. The van der Waals surface area contributed by atoms with E-state index >= 15 is 0 Å². The fourth-order valence-corrected chi connectivity index (χ4v) is 3.18. The minimum absolute atomic E-state index is 0.0399. The highest BCUT2D eigenvalue weighted by molar-refractivity contribution is 5.94. The smallest absolute Gasteiger partial charge is 0.253 e. The van der Waals surface area contributed by atoms with Crippen molar-refractivity contribution in [2.45, 2.75) is 6.92 Å². The Bertz CT molecular complexity index is 945. The molecule has 28 heavy (non-hydrogen) atoms. The number of ether oxygens (including phenoxy) is 1. The van der Waals surface area contributed by atoms with Gasteiger partial charge in [0.25, 0.3) is 5.91 Å². The van der Waals surface area contributed by atoms with Gasteiger partial charge in [0.1, 0.15) is 11.6 Å². The first-order valence-corrected chi connectivity index (χ1v) is 9.09. The van der Waals surface area contributed by atoms with E-state index in [1.807, 2.05) is 17.0 Å². The third-order valence-corrected chi connectivity index (χ3v) is 4.76. The molecule has 8 nitrogen and oxygen atoms in total. The molecular formula is C20H21N5O3. The van der Waals surface area contributed by atoms with Gasteiger partial charge in [0, 0.05) is 50.4 Å². The Morgan fingerprint density at radius 2 is 1.82 bits per heavy atom. The molecule has 0 bridgehead atoms. The molecule has 0 aliphatic carbocycles. The lowest BCUT2D eigenvalue weighted by molar-refractivity contribution is 0.0746. The third-order valence-electron chi connectivity index (χ3n) is 4.76. The first-order chi connectivity index (χ1) is 13.6. The van der Waals surface area contributed by atoms with Crippen LogP contribution in [0, 0.1) is 6.92 Å². The normalized spacial score (nSPS) is 14.2. The molecule has 4 rings (SSSR count). The molecule has 144 valence electrons. The summed E-state index contributed by atoms with van der Waals surface area (Å²) in [7, 11) is 1.61. The summed E-state index contributed by atoms with van der Waals surface area (Å²) in [6.07, 6.45) is 1.74. The number of aryl methyl sites for hydroxylation is 1. The molecule has 0 spiro atoms. The second-order valence-corrected chi connectivity index (χ2v) is 6.55. The van der Waals surface area contributed by atoms with Crippen molar-refractivity contribution in [1.29, 1.82) is 0 Å². The first kappa shape index (κ1) is 18.0. The Balaban J connectivity index is 1.37. The molecule has 1 aliphatic rings. The number of piperazine rings is 1. The van der Waals surface area contributed by atoms with Gasteiger partial charge in [-0.2, -0.15) is 4.98 Å². The lowest BCUT2D eigenvalue weighted by atomic mass is 10.1. The first-order valence-electron chi connectivity index (χ1n) is 9.09. The van der Waals surface area contributed by atoms with Crippen molar-refractivity contribution < 1.29 is 14.1 Å². The lowest BCUT2D eigenvalue weighted by Crippen LogP contribution is -2.49. The van der Waals surface area contributed by atoms with Gasteiger partial charge in [0.15, 0.2) is 0 Å². The average molecular weight is 379 g/mol. The molecule has 0 unspecified atom stereocenters. The number of anilines is 1. The number of methoxy groups -OCH3 is 1.